The Kier molecular flexibility index (Phi) is 7.99. The minimum atomic E-state index is -2.20. The van der Waals surface area contributed by atoms with Gasteiger partial charge in [0.2, 0.25) is 0 Å². The quantitative estimate of drug-likeness (QED) is 0.314. The predicted molar refractivity (Wildman–Crippen MR) is 120 cm³/mol. The van der Waals surface area contributed by atoms with Gasteiger partial charge in [-0.3, -0.25) is 4.21 Å². The maximum atomic E-state index is 10.3. The molecule has 30 heavy (non-hydrogen) atoms. The minimum absolute atomic E-state index is 0.0146. The molecule has 0 aliphatic heterocycles. The van der Waals surface area contributed by atoms with E-state index in [2.05, 4.69) is 91.0 Å². The smallest absolute Gasteiger partial charge is 0.166 e. The molecule has 4 aromatic rings. The Morgan fingerprint density at radius 3 is 1.30 bits per heavy atom. The van der Waals surface area contributed by atoms with Gasteiger partial charge in [-0.2, -0.15) is 5.26 Å². The molecule has 0 fully saturated rings. The summed E-state index contributed by atoms with van der Waals surface area (Å²) in [6.45, 7) is 0. The van der Waals surface area contributed by atoms with Crippen molar-refractivity contribution in [2.75, 3.05) is 0 Å². The second kappa shape index (κ2) is 11.1. The largest absolute Gasteiger partial charge is 0.768 e. The standard InChI is InChI=1S/C18H15S.C7H5NO2S/c1-4-10-16(11-5-1)19(17-12-6-2-7-13-17)18-14-8-3-9-15-18;8-5-6-1-3-7(4-2-6)11(9)10/h1-15H;1-4H,(H,9,10)/q+1;/p-1. The number of nitrogens with zero attached hydrogens (tertiary/aromatic N) is 1. The zero-order valence-electron chi connectivity index (χ0n) is 16.0. The first-order valence-electron chi connectivity index (χ1n) is 9.18. The molecule has 0 aliphatic carbocycles. The van der Waals surface area contributed by atoms with Gasteiger partial charge in [0.15, 0.2) is 14.7 Å². The van der Waals surface area contributed by atoms with E-state index in [9.17, 15) is 8.76 Å². The Morgan fingerprint density at radius 1 is 0.633 bits per heavy atom. The summed E-state index contributed by atoms with van der Waals surface area (Å²) in [6.07, 6.45) is 0. The zero-order chi connectivity index (χ0) is 21.2. The van der Waals surface area contributed by atoms with Crippen molar-refractivity contribution in [1.29, 1.82) is 5.26 Å². The van der Waals surface area contributed by atoms with Gasteiger partial charge in [-0.15, -0.1) is 0 Å². The Balaban J connectivity index is 0.000000199. The SMILES string of the molecule is N#Cc1ccc(S(=O)[O-])cc1.c1ccc([S+](c2ccccc2)c2ccccc2)cc1. The Bertz CT molecular complexity index is 1020. The number of rotatable bonds is 4. The topological polar surface area (TPSA) is 63.9 Å². The molecule has 0 heterocycles. The summed E-state index contributed by atoms with van der Waals surface area (Å²) in [6, 6.07) is 39.8. The second-order valence-corrected chi connectivity index (χ2v) is 9.08. The maximum Gasteiger partial charge on any atom is 0.166 e. The van der Waals surface area contributed by atoms with Crippen molar-refractivity contribution < 1.29 is 8.76 Å². The van der Waals surface area contributed by atoms with E-state index >= 15 is 0 Å². The third-order valence-electron chi connectivity index (χ3n) is 4.11. The average molecular weight is 430 g/mol. The van der Waals surface area contributed by atoms with E-state index < -0.39 is 11.1 Å². The van der Waals surface area contributed by atoms with Gasteiger partial charge in [-0.25, -0.2) is 0 Å². The van der Waals surface area contributed by atoms with Crippen LogP contribution in [-0.4, -0.2) is 8.76 Å². The zero-order valence-corrected chi connectivity index (χ0v) is 17.7. The maximum absolute atomic E-state index is 10.3. The number of nitriles is 1. The monoisotopic (exact) mass is 429 g/mol. The molecule has 5 heteroatoms. The van der Waals surface area contributed by atoms with Crippen molar-refractivity contribution in [1.82, 2.24) is 0 Å². The fourth-order valence-corrected chi connectivity index (χ4v) is 5.18. The number of hydrogen-bond donors (Lipinski definition) is 0. The lowest BCUT2D eigenvalue weighted by Gasteiger charge is -2.07. The van der Waals surface area contributed by atoms with Crippen LogP contribution in [-0.2, 0) is 22.0 Å². The normalized spacial score (nSPS) is 11.1. The number of hydrogen-bond acceptors (Lipinski definition) is 3. The molecular formula is C25H19NO2S2. The van der Waals surface area contributed by atoms with E-state index in [1.165, 1.54) is 39.0 Å². The summed E-state index contributed by atoms with van der Waals surface area (Å²) in [7, 11) is -0.0146. The fourth-order valence-electron chi connectivity index (χ4n) is 2.72. The molecule has 0 saturated heterocycles. The molecule has 0 radical (unpaired) electrons. The van der Waals surface area contributed by atoms with E-state index in [-0.39, 0.29) is 15.8 Å². The molecule has 1 atom stereocenters. The summed E-state index contributed by atoms with van der Waals surface area (Å²) in [5, 5.41) is 8.36. The predicted octanol–water partition coefficient (Wildman–Crippen LogP) is 5.58. The number of benzene rings is 4. The van der Waals surface area contributed by atoms with Crippen LogP contribution < -0.4 is 0 Å². The highest BCUT2D eigenvalue weighted by atomic mass is 32.2. The Labute approximate surface area is 182 Å². The summed E-state index contributed by atoms with van der Waals surface area (Å²) in [5.74, 6) is 0. The van der Waals surface area contributed by atoms with E-state index in [0.717, 1.165) is 0 Å². The fraction of sp³-hybridized carbons (Fsp3) is 0. The first-order valence-corrected chi connectivity index (χ1v) is 11.5. The average Bonchev–Trinajstić information content (AvgIpc) is 2.82. The molecule has 0 aromatic heterocycles. The van der Waals surface area contributed by atoms with Crippen molar-refractivity contribution in [3.05, 3.63) is 121 Å². The highest BCUT2D eigenvalue weighted by Crippen LogP contribution is 2.30. The molecule has 148 valence electrons. The van der Waals surface area contributed by atoms with E-state index in [1.807, 2.05) is 6.07 Å². The van der Waals surface area contributed by atoms with Crippen LogP contribution >= 0.6 is 0 Å². The van der Waals surface area contributed by atoms with Crippen LogP contribution in [0.25, 0.3) is 0 Å². The first-order chi connectivity index (χ1) is 14.7. The van der Waals surface area contributed by atoms with Crippen LogP contribution in [0.15, 0.2) is 135 Å². The molecule has 0 spiro atoms. The van der Waals surface area contributed by atoms with Crippen molar-refractivity contribution in [2.24, 2.45) is 0 Å². The summed E-state index contributed by atoms with van der Waals surface area (Å²) in [5.41, 5.74) is 0.458. The van der Waals surface area contributed by atoms with Crippen molar-refractivity contribution in [2.45, 2.75) is 19.6 Å². The first kappa shape index (κ1) is 21.5. The lowest BCUT2D eigenvalue weighted by atomic mass is 10.2. The van der Waals surface area contributed by atoms with Gasteiger partial charge in [0.1, 0.15) is 0 Å². The molecule has 0 N–H and O–H groups in total. The van der Waals surface area contributed by atoms with E-state index in [0.29, 0.717) is 5.56 Å². The lowest BCUT2D eigenvalue weighted by molar-refractivity contribution is 0.537. The molecule has 0 aliphatic rings. The second-order valence-electron chi connectivity index (χ2n) is 6.12. The molecule has 0 saturated carbocycles. The molecule has 4 aromatic carbocycles. The Morgan fingerprint density at radius 2 is 1.00 bits per heavy atom. The van der Waals surface area contributed by atoms with Crippen molar-refractivity contribution >= 4 is 22.0 Å². The Hall–Kier alpha value is -3.17. The molecular weight excluding hydrogens is 410 g/mol. The van der Waals surface area contributed by atoms with Gasteiger partial charge < -0.3 is 4.55 Å². The van der Waals surface area contributed by atoms with Gasteiger partial charge in [0.25, 0.3) is 0 Å². The molecule has 0 amide bonds. The summed E-state index contributed by atoms with van der Waals surface area (Å²) in [4.78, 5) is 4.28. The molecule has 3 nitrogen and oxygen atoms in total. The molecule has 0 bridgehead atoms. The van der Waals surface area contributed by atoms with Crippen LogP contribution in [0.1, 0.15) is 5.56 Å². The summed E-state index contributed by atoms with van der Waals surface area (Å²) >= 11 is -2.20. The minimum Gasteiger partial charge on any atom is -0.768 e. The molecule has 4 rings (SSSR count). The van der Waals surface area contributed by atoms with Crippen LogP contribution in [0.3, 0.4) is 0 Å². The molecule has 1 unspecified atom stereocenters. The van der Waals surface area contributed by atoms with Crippen LogP contribution in [0.4, 0.5) is 0 Å². The highest BCUT2D eigenvalue weighted by molar-refractivity contribution is 7.97. The van der Waals surface area contributed by atoms with Gasteiger partial charge in [-0.05, 0) is 71.7 Å². The summed E-state index contributed by atoms with van der Waals surface area (Å²) < 4.78 is 20.6. The highest BCUT2D eigenvalue weighted by Gasteiger charge is 2.27. The van der Waals surface area contributed by atoms with Gasteiger partial charge in [0.05, 0.1) is 22.5 Å². The van der Waals surface area contributed by atoms with Crippen LogP contribution in [0, 0.1) is 11.3 Å². The van der Waals surface area contributed by atoms with Gasteiger partial charge in [0, 0.05) is 4.90 Å². The van der Waals surface area contributed by atoms with E-state index in [1.54, 1.807) is 0 Å². The van der Waals surface area contributed by atoms with Crippen LogP contribution in [0.5, 0.6) is 0 Å². The third kappa shape index (κ3) is 5.91. The van der Waals surface area contributed by atoms with Gasteiger partial charge >= 0.3 is 0 Å². The lowest BCUT2D eigenvalue weighted by Crippen LogP contribution is -2.04. The van der Waals surface area contributed by atoms with Crippen LogP contribution in [0.2, 0.25) is 0 Å². The van der Waals surface area contributed by atoms with Crippen molar-refractivity contribution in [3.8, 4) is 6.07 Å². The van der Waals surface area contributed by atoms with Crippen molar-refractivity contribution in [3.63, 3.8) is 0 Å². The third-order valence-corrected chi connectivity index (χ3v) is 7.00. The van der Waals surface area contributed by atoms with E-state index in [4.69, 9.17) is 5.26 Å². The van der Waals surface area contributed by atoms with Gasteiger partial charge in [-0.1, -0.05) is 54.6 Å².